The summed E-state index contributed by atoms with van der Waals surface area (Å²) in [6.45, 7) is 9.49. The molecule has 0 aliphatic rings. The van der Waals surface area contributed by atoms with Crippen LogP contribution in [0.2, 0.25) is 0 Å². The summed E-state index contributed by atoms with van der Waals surface area (Å²) >= 11 is 0. The maximum absolute atomic E-state index is 12.9. The summed E-state index contributed by atoms with van der Waals surface area (Å²) in [5.74, 6) is -0.623. The van der Waals surface area contributed by atoms with E-state index in [9.17, 15) is 24.9 Å². The van der Waals surface area contributed by atoms with Gasteiger partial charge < -0.3 is 30.6 Å². The van der Waals surface area contributed by atoms with Gasteiger partial charge in [0.2, 0.25) is 5.91 Å². The predicted molar refractivity (Wildman–Crippen MR) is 198 cm³/mol. The van der Waals surface area contributed by atoms with Gasteiger partial charge in [0.25, 0.3) is 5.91 Å². The summed E-state index contributed by atoms with van der Waals surface area (Å²) in [5.41, 5.74) is 4.30. The Balaban J connectivity index is 0.00000171. The highest BCUT2D eigenvalue weighted by Crippen LogP contribution is 2.15. The zero-order chi connectivity index (χ0) is 37.6. The normalized spacial score (nSPS) is 12.4. The quantitative estimate of drug-likeness (QED) is 0.114. The number of anilines is 1. The minimum Gasteiger partial charge on any atom is -0.396 e. The highest BCUT2D eigenvalue weighted by Gasteiger charge is 2.26. The first-order chi connectivity index (χ1) is 24.6. The van der Waals surface area contributed by atoms with Gasteiger partial charge in [0.15, 0.2) is 0 Å². The van der Waals surface area contributed by atoms with Gasteiger partial charge in [-0.15, -0.1) is 0 Å². The van der Waals surface area contributed by atoms with Crippen molar-refractivity contribution in [2.24, 2.45) is 0 Å². The molecule has 3 atom stereocenters. The van der Waals surface area contributed by atoms with Crippen molar-refractivity contribution in [1.82, 2.24) is 24.8 Å². The standard InChI is InChI=1S/C34H40N6O6.C3H8.C2H6/c1-39(23-31(43)33(45)30(42)14-17-41)32(44)18-24-8-11-26(12-9-24)38-34(46)25-10-13-29(37-19-25)22-40(20-27-6-2-4-15-35-27)21-28-7-3-5-16-36-28;1-3-2;1-2/h2-13,15-16,19,30-31,33,41-43,45H,14,17-18,20-23H2,1H3,(H,38,46);3H2,1-2H3;1-2H3. The summed E-state index contributed by atoms with van der Waals surface area (Å²) < 4.78 is 0. The van der Waals surface area contributed by atoms with Crippen LogP contribution < -0.4 is 5.32 Å². The zero-order valence-electron chi connectivity index (χ0n) is 30.4. The number of hydrogen-bond acceptors (Lipinski definition) is 10. The number of rotatable bonds is 16. The molecule has 3 heterocycles. The van der Waals surface area contributed by atoms with Crippen molar-refractivity contribution in [1.29, 1.82) is 0 Å². The van der Waals surface area contributed by atoms with Gasteiger partial charge in [0, 0.05) is 64.1 Å². The van der Waals surface area contributed by atoms with Crippen LogP contribution in [-0.4, -0.2) is 95.5 Å². The van der Waals surface area contributed by atoms with Gasteiger partial charge in [0.05, 0.1) is 41.3 Å². The van der Waals surface area contributed by atoms with Crippen LogP contribution in [0, 0.1) is 0 Å². The van der Waals surface area contributed by atoms with E-state index in [2.05, 4.69) is 39.0 Å². The van der Waals surface area contributed by atoms with E-state index in [-0.39, 0.29) is 37.8 Å². The molecule has 12 heteroatoms. The van der Waals surface area contributed by atoms with E-state index < -0.39 is 18.3 Å². The second kappa shape index (κ2) is 23.7. The van der Waals surface area contributed by atoms with Crippen molar-refractivity contribution in [2.75, 3.05) is 25.5 Å². The lowest BCUT2D eigenvalue weighted by molar-refractivity contribution is -0.133. The maximum Gasteiger partial charge on any atom is 0.257 e. The van der Waals surface area contributed by atoms with Crippen molar-refractivity contribution >= 4 is 17.5 Å². The smallest absolute Gasteiger partial charge is 0.257 e. The van der Waals surface area contributed by atoms with Gasteiger partial charge in [-0.05, 0) is 60.5 Å². The Hall–Kier alpha value is -4.59. The Morgan fingerprint density at radius 1 is 0.765 bits per heavy atom. The molecular weight excluding hydrogens is 648 g/mol. The molecule has 0 aliphatic heterocycles. The first kappa shape index (κ1) is 42.6. The Labute approximate surface area is 301 Å². The number of nitrogens with one attached hydrogen (secondary N) is 1. The van der Waals surface area contributed by atoms with Crippen LogP contribution in [0.25, 0.3) is 0 Å². The Morgan fingerprint density at radius 3 is 1.78 bits per heavy atom. The highest BCUT2D eigenvalue weighted by atomic mass is 16.4. The molecule has 0 saturated carbocycles. The molecule has 5 N–H and O–H groups in total. The minimum absolute atomic E-state index is 0.0375. The number of carbonyl (C=O) groups is 2. The van der Waals surface area contributed by atoms with Gasteiger partial charge in [-0.1, -0.05) is 58.4 Å². The summed E-state index contributed by atoms with van der Waals surface area (Å²) in [5, 5.41) is 41.6. The predicted octanol–water partition coefficient (Wildman–Crippen LogP) is 4.23. The van der Waals surface area contributed by atoms with Gasteiger partial charge in [-0.2, -0.15) is 0 Å². The maximum atomic E-state index is 12.9. The van der Waals surface area contributed by atoms with E-state index >= 15 is 0 Å². The van der Waals surface area contributed by atoms with Crippen LogP contribution in [0.3, 0.4) is 0 Å². The fourth-order valence-electron chi connectivity index (χ4n) is 4.76. The second-order valence-corrected chi connectivity index (χ2v) is 11.8. The van der Waals surface area contributed by atoms with Gasteiger partial charge >= 0.3 is 0 Å². The second-order valence-electron chi connectivity index (χ2n) is 11.8. The average molecular weight is 703 g/mol. The third kappa shape index (κ3) is 15.5. The first-order valence-corrected chi connectivity index (χ1v) is 17.4. The van der Waals surface area contributed by atoms with Gasteiger partial charge in [-0.25, -0.2) is 0 Å². The molecule has 2 amide bonds. The Morgan fingerprint density at radius 2 is 1.31 bits per heavy atom. The summed E-state index contributed by atoms with van der Waals surface area (Å²) in [6, 6.07) is 22.0. The van der Waals surface area contributed by atoms with Crippen LogP contribution in [0.4, 0.5) is 5.69 Å². The lowest BCUT2D eigenvalue weighted by Gasteiger charge is -2.26. The average Bonchev–Trinajstić information content (AvgIpc) is 3.14. The largest absolute Gasteiger partial charge is 0.396 e. The molecule has 0 bridgehead atoms. The molecule has 0 fully saturated rings. The minimum atomic E-state index is -1.49. The van der Waals surface area contributed by atoms with E-state index in [1.807, 2.05) is 56.3 Å². The SMILES string of the molecule is CC.CCC.CN(CC(O)C(O)C(O)CCO)C(=O)Cc1ccc(NC(=O)c2ccc(CN(Cc3ccccn3)Cc3ccccn3)nc2)cc1. The number of aliphatic hydroxyl groups excluding tert-OH is 4. The van der Waals surface area contributed by atoms with E-state index in [1.165, 1.54) is 18.4 Å². The number of amides is 2. The van der Waals surface area contributed by atoms with Crippen LogP contribution in [0.5, 0.6) is 0 Å². The van der Waals surface area contributed by atoms with E-state index in [0.717, 1.165) is 17.1 Å². The lowest BCUT2D eigenvalue weighted by Crippen LogP contribution is -2.45. The molecule has 276 valence electrons. The lowest BCUT2D eigenvalue weighted by atomic mass is 10.0. The number of carbonyl (C=O) groups excluding carboxylic acids is 2. The fraction of sp³-hybridized carbons (Fsp3) is 0.410. The zero-order valence-corrected chi connectivity index (χ0v) is 30.4. The van der Waals surface area contributed by atoms with Crippen LogP contribution >= 0.6 is 0 Å². The van der Waals surface area contributed by atoms with Crippen LogP contribution in [0.15, 0.2) is 91.4 Å². The van der Waals surface area contributed by atoms with Crippen molar-refractivity contribution in [3.63, 3.8) is 0 Å². The molecule has 0 spiro atoms. The number of benzene rings is 1. The molecule has 0 saturated heterocycles. The third-order valence-electron chi connectivity index (χ3n) is 7.36. The fourth-order valence-corrected chi connectivity index (χ4v) is 4.76. The number of nitrogens with zero attached hydrogens (tertiary/aromatic N) is 5. The molecule has 0 aliphatic carbocycles. The van der Waals surface area contributed by atoms with Crippen LogP contribution in [-0.2, 0) is 30.8 Å². The summed E-state index contributed by atoms with van der Waals surface area (Å²) in [7, 11) is 1.49. The molecule has 0 radical (unpaired) electrons. The van der Waals surface area contributed by atoms with E-state index in [4.69, 9.17) is 5.11 Å². The van der Waals surface area contributed by atoms with Crippen molar-refractivity contribution in [3.8, 4) is 0 Å². The monoisotopic (exact) mass is 702 g/mol. The Kier molecular flexibility index (Phi) is 19.8. The molecule has 12 nitrogen and oxygen atoms in total. The number of likely N-dealkylation sites (N-methyl/N-ethyl adjacent to an activating group) is 1. The van der Waals surface area contributed by atoms with Crippen molar-refractivity contribution in [2.45, 2.75) is 84.9 Å². The molecule has 1 aromatic carbocycles. The number of aromatic nitrogens is 3. The third-order valence-corrected chi connectivity index (χ3v) is 7.36. The first-order valence-electron chi connectivity index (χ1n) is 17.4. The molecule has 3 unspecified atom stereocenters. The highest BCUT2D eigenvalue weighted by molar-refractivity contribution is 6.04. The molecular formula is C39H54N6O6. The van der Waals surface area contributed by atoms with Crippen molar-refractivity contribution < 1.29 is 30.0 Å². The number of hydrogen-bond donors (Lipinski definition) is 5. The Bertz CT molecular complexity index is 1490. The van der Waals surface area contributed by atoms with Gasteiger partial charge in [0.1, 0.15) is 6.10 Å². The topological polar surface area (TPSA) is 172 Å². The molecule has 4 aromatic rings. The summed E-state index contributed by atoms with van der Waals surface area (Å²) in [6.07, 6.45) is 2.13. The molecule has 3 aromatic heterocycles. The number of aliphatic hydroxyl groups is 4. The van der Waals surface area contributed by atoms with Crippen LogP contribution in [0.1, 0.15) is 73.5 Å². The molecule has 4 rings (SSSR count). The van der Waals surface area contributed by atoms with Crippen molar-refractivity contribution in [3.05, 3.63) is 120 Å². The van der Waals surface area contributed by atoms with E-state index in [1.54, 1.807) is 48.9 Å². The van der Waals surface area contributed by atoms with E-state index in [0.29, 0.717) is 36.4 Å². The van der Waals surface area contributed by atoms with Gasteiger partial charge in [-0.3, -0.25) is 29.4 Å². The molecule has 51 heavy (non-hydrogen) atoms. The number of pyridine rings is 3. The summed E-state index contributed by atoms with van der Waals surface area (Å²) in [4.78, 5) is 42.4.